The summed E-state index contributed by atoms with van der Waals surface area (Å²) in [5, 5.41) is 9.28. The monoisotopic (exact) mass is 295 g/mol. The number of aliphatic hydroxyl groups excluding tert-OH is 1. The van der Waals surface area contributed by atoms with Gasteiger partial charge in [-0.2, -0.15) is 13.2 Å². The van der Waals surface area contributed by atoms with Crippen LogP contribution in [-0.4, -0.2) is 54.9 Å². The lowest BCUT2D eigenvalue weighted by Crippen LogP contribution is -2.47. The van der Waals surface area contributed by atoms with Crippen LogP contribution in [0.2, 0.25) is 0 Å². The number of quaternary nitrogens is 1. The van der Waals surface area contributed by atoms with Crippen LogP contribution >= 0.6 is 0 Å². The van der Waals surface area contributed by atoms with Gasteiger partial charge in [0.2, 0.25) is 0 Å². The predicted octanol–water partition coefficient (Wildman–Crippen LogP) is 1.25. The molecule has 0 spiro atoms. The standard InChI is InChI=1S/C8H20NO.CHF3O3S/c1-5-6-7-9(3,4)8(2)10;2-1(3,4)8(5,6)7/h8,10H,5-7H2,1-4H3;(H,5,6,7)/q+1;/p-1. The molecule has 0 fully saturated rings. The highest BCUT2D eigenvalue weighted by molar-refractivity contribution is 7.86. The zero-order chi connectivity index (χ0) is 15.2. The molecular formula is C9H20F3NO4S. The number of hydrogen-bond donors (Lipinski definition) is 1. The summed E-state index contributed by atoms with van der Waals surface area (Å²) in [7, 11) is -1.98. The average Bonchev–Trinajstić information content (AvgIpc) is 2.12. The zero-order valence-corrected chi connectivity index (χ0v) is 11.7. The van der Waals surface area contributed by atoms with Gasteiger partial charge >= 0.3 is 5.51 Å². The molecule has 0 radical (unpaired) electrons. The molecule has 0 heterocycles. The SMILES string of the molecule is CCCC[N+](C)(C)C(C)O.O=S(=O)([O-])C(F)(F)F. The first-order chi connectivity index (χ1) is 7.75. The van der Waals surface area contributed by atoms with Gasteiger partial charge in [0.05, 0.1) is 20.6 Å². The van der Waals surface area contributed by atoms with Gasteiger partial charge in [-0.1, -0.05) is 13.3 Å². The summed E-state index contributed by atoms with van der Waals surface area (Å²) in [4.78, 5) is 0. The van der Waals surface area contributed by atoms with Crippen LogP contribution in [0, 0.1) is 0 Å². The van der Waals surface area contributed by atoms with Gasteiger partial charge in [-0.05, 0) is 6.42 Å². The topological polar surface area (TPSA) is 77.4 Å². The molecule has 0 saturated heterocycles. The summed E-state index contributed by atoms with van der Waals surface area (Å²) in [6.45, 7) is 5.08. The Hall–Kier alpha value is -0.380. The van der Waals surface area contributed by atoms with Gasteiger partial charge in [0.15, 0.2) is 16.3 Å². The minimum absolute atomic E-state index is 0.244. The van der Waals surface area contributed by atoms with Crippen LogP contribution in [0.4, 0.5) is 13.2 Å². The van der Waals surface area contributed by atoms with Crippen molar-refractivity contribution in [3.05, 3.63) is 0 Å². The first kappa shape index (κ1) is 19.9. The zero-order valence-electron chi connectivity index (χ0n) is 10.9. The van der Waals surface area contributed by atoms with Crippen LogP contribution in [0.3, 0.4) is 0 Å². The van der Waals surface area contributed by atoms with Crippen LogP contribution in [0.1, 0.15) is 26.7 Å². The first-order valence-electron chi connectivity index (χ1n) is 5.28. The fraction of sp³-hybridized carbons (Fsp3) is 1.00. The maximum atomic E-state index is 10.7. The van der Waals surface area contributed by atoms with E-state index in [2.05, 4.69) is 21.0 Å². The van der Waals surface area contributed by atoms with Gasteiger partial charge in [0.25, 0.3) is 0 Å². The Labute approximate surface area is 106 Å². The normalized spacial score (nSPS) is 14.7. The highest BCUT2D eigenvalue weighted by atomic mass is 32.2. The highest BCUT2D eigenvalue weighted by Crippen LogP contribution is 2.20. The quantitative estimate of drug-likeness (QED) is 0.366. The summed E-state index contributed by atoms with van der Waals surface area (Å²) in [6, 6.07) is 0. The Balaban J connectivity index is 0. The number of unbranched alkanes of at least 4 members (excludes halogenated alkanes) is 1. The molecule has 18 heavy (non-hydrogen) atoms. The lowest BCUT2D eigenvalue weighted by molar-refractivity contribution is -0.934. The smallest absolute Gasteiger partial charge is 0.485 e. The van der Waals surface area contributed by atoms with E-state index in [1.165, 1.54) is 12.8 Å². The van der Waals surface area contributed by atoms with E-state index < -0.39 is 15.6 Å². The molecule has 0 aromatic heterocycles. The minimum Gasteiger partial charge on any atom is -0.741 e. The molecule has 0 aromatic carbocycles. The van der Waals surface area contributed by atoms with Gasteiger partial charge in [0, 0.05) is 6.92 Å². The third kappa shape index (κ3) is 8.67. The largest absolute Gasteiger partial charge is 0.741 e. The van der Waals surface area contributed by atoms with E-state index in [1.54, 1.807) is 0 Å². The molecule has 0 bridgehead atoms. The van der Waals surface area contributed by atoms with Crippen molar-refractivity contribution in [3.63, 3.8) is 0 Å². The molecule has 5 nitrogen and oxygen atoms in total. The number of nitrogens with zero attached hydrogens (tertiary/aromatic N) is 1. The van der Waals surface area contributed by atoms with Crippen molar-refractivity contribution in [2.75, 3.05) is 20.6 Å². The summed E-state index contributed by atoms with van der Waals surface area (Å²) in [5.74, 6) is 0. The van der Waals surface area contributed by atoms with Crippen LogP contribution in [0.15, 0.2) is 0 Å². The third-order valence-electron chi connectivity index (χ3n) is 2.38. The van der Waals surface area contributed by atoms with Crippen molar-refractivity contribution < 1.29 is 35.7 Å². The van der Waals surface area contributed by atoms with E-state index in [4.69, 9.17) is 13.0 Å². The van der Waals surface area contributed by atoms with Crippen LogP contribution < -0.4 is 0 Å². The van der Waals surface area contributed by atoms with E-state index in [0.717, 1.165) is 6.54 Å². The molecule has 0 amide bonds. The number of halogens is 3. The molecule has 1 atom stereocenters. The highest BCUT2D eigenvalue weighted by Gasteiger charge is 2.36. The van der Waals surface area contributed by atoms with Crippen LogP contribution in [-0.2, 0) is 10.1 Å². The van der Waals surface area contributed by atoms with Gasteiger partial charge in [-0.3, -0.25) is 0 Å². The van der Waals surface area contributed by atoms with Crippen molar-refractivity contribution in [3.8, 4) is 0 Å². The van der Waals surface area contributed by atoms with Crippen molar-refractivity contribution in [1.29, 1.82) is 0 Å². The molecule has 0 aromatic rings. The van der Waals surface area contributed by atoms with E-state index in [9.17, 15) is 18.3 Å². The fourth-order valence-corrected chi connectivity index (χ4v) is 0.752. The molecule has 0 aliphatic carbocycles. The molecule has 1 N–H and O–H groups in total. The van der Waals surface area contributed by atoms with Crippen LogP contribution in [0.5, 0.6) is 0 Å². The van der Waals surface area contributed by atoms with Crippen molar-refractivity contribution in [1.82, 2.24) is 0 Å². The first-order valence-corrected chi connectivity index (χ1v) is 6.69. The number of aliphatic hydroxyl groups is 1. The molecular weight excluding hydrogens is 275 g/mol. The summed E-state index contributed by atoms with van der Waals surface area (Å²) >= 11 is 0. The number of alkyl halides is 3. The molecule has 0 saturated carbocycles. The van der Waals surface area contributed by atoms with E-state index in [-0.39, 0.29) is 6.23 Å². The average molecular weight is 295 g/mol. The molecule has 112 valence electrons. The second kappa shape index (κ2) is 7.27. The minimum atomic E-state index is -6.09. The summed E-state index contributed by atoms with van der Waals surface area (Å²) < 4.78 is 59.6. The summed E-state index contributed by atoms with van der Waals surface area (Å²) in [6.07, 6.45) is 2.15. The lowest BCUT2D eigenvalue weighted by Gasteiger charge is -2.32. The Morgan fingerprint density at radius 2 is 1.67 bits per heavy atom. The second-order valence-corrected chi connectivity index (χ2v) is 5.76. The maximum Gasteiger partial charge on any atom is 0.485 e. The van der Waals surface area contributed by atoms with Gasteiger partial charge in [0.1, 0.15) is 0 Å². The Bertz CT molecular complexity index is 325. The molecule has 0 aliphatic heterocycles. The number of hydrogen-bond acceptors (Lipinski definition) is 4. The van der Waals surface area contributed by atoms with Gasteiger partial charge in [-0.25, -0.2) is 8.42 Å². The second-order valence-electron chi connectivity index (χ2n) is 4.39. The Morgan fingerprint density at radius 3 is 1.83 bits per heavy atom. The van der Waals surface area contributed by atoms with Gasteiger partial charge < -0.3 is 14.1 Å². The Kier molecular flexibility index (Phi) is 8.06. The van der Waals surface area contributed by atoms with Crippen molar-refractivity contribution >= 4 is 10.1 Å². The fourth-order valence-electron chi connectivity index (χ4n) is 0.752. The van der Waals surface area contributed by atoms with Crippen molar-refractivity contribution in [2.24, 2.45) is 0 Å². The molecule has 0 aliphatic rings. The predicted molar refractivity (Wildman–Crippen MR) is 59.3 cm³/mol. The van der Waals surface area contributed by atoms with Crippen molar-refractivity contribution in [2.45, 2.75) is 38.4 Å². The van der Waals surface area contributed by atoms with Gasteiger partial charge in [-0.15, -0.1) is 0 Å². The number of rotatable bonds is 4. The lowest BCUT2D eigenvalue weighted by atomic mass is 10.3. The van der Waals surface area contributed by atoms with E-state index >= 15 is 0 Å². The third-order valence-corrected chi connectivity index (χ3v) is 2.95. The molecule has 0 rings (SSSR count). The molecule has 9 heteroatoms. The summed E-state index contributed by atoms with van der Waals surface area (Å²) in [5.41, 5.74) is -5.65. The van der Waals surface area contributed by atoms with E-state index in [1.807, 2.05) is 6.92 Å². The maximum absolute atomic E-state index is 10.7. The molecule has 1 unspecified atom stereocenters. The van der Waals surface area contributed by atoms with E-state index in [0.29, 0.717) is 4.48 Å². The van der Waals surface area contributed by atoms with Crippen LogP contribution in [0.25, 0.3) is 0 Å². The Morgan fingerprint density at radius 1 is 1.33 bits per heavy atom.